The van der Waals surface area contributed by atoms with Crippen LogP contribution >= 0.6 is 0 Å². The number of aromatic nitrogens is 1. The van der Waals surface area contributed by atoms with E-state index in [2.05, 4.69) is 9.88 Å². The van der Waals surface area contributed by atoms with E-state index in [1.54, 1.807) is 6.20 Å². The van der Waals surface area contributed by atoms with E-state index in [0.29, 0.717) is 5.69 Å². The molecule has 0 radical (unpaired) electrons. The summed E-state index contributed by atoms with van der Waals surface area (Å²) in [6.45, 7) is 5.03. The molecule has 1 aromatic heterocycles. The molecule has 3 heterocycles. The Kier molecular flexibility index (Phi) is 3.64. The molecule has 0 saturated carbocycles. The highest BCUT2D eigenvalue weighted by Gasteiger charge is 2.20. The number of anilines is 1. The summed E-state index contributed by atoms with van der Waals surface area (Å²) < 4.78 is 5.33. The number of morpholine rings is 1. The lowest BCUT2D eigenvalue weighted by molar-refractivity contribution is 0.0787. The summed E-state index contributed by atoms with van der Waals surface area (Å²) in [6.07, 6.45) is 4.02. The van der Waals surface area contributed by atoms with Crippen LogP contribution in [0.5, 0.6) is 0 Å². The molecule has 2 aliphatic heterocycles. The Morgan fingerprint density at radius 1 is 1.11 bits per heavy atom. The molecule has 0 aromatic carbocycles. The molecule has 3 rings (SSSR count). The van der Waals surface area contributed by atoms with Crippen LogP contribution in [0.2, 0.25) is 0 Å². The average Bonchev–Trinajstić information content (AvgIpc) is 3.02. The average molecular weight is 261 g/mol. The Labute approximate surface area is 113 Å². The molecule has 5 heteroatoms. The number of rotatable bonds is 2. The zero-order valence-electron chi connectivity index (χ0n) is 11.0. The maximum atomic E-state index is 12.2. The van der Waals surface area contributed by atoms with E-state index in [1.807, 2.05) is 17.0 Å². The van der Waals surface area contributed by atoms with E-state index in [-0.39, 0.29) is 5.91 Å². The summed E-state index contributed by atoms with van der Waals surface area (Å²) >= 11 is 0. The van der Waals surface area contributed by atoms with Crippen LogP contribution in [0.15, 0.2) is 18.3 Å². The van der Waals surface area contributed by atoms with Crippen LogP contribution in [0.4, 0.5) is 5.69 Å². The minimum atomic E-state index is 0.0611. The van der Waals surface area contributed by atoms with E-state index in [0.717, 1.165) is 57.9 Å². The van der Waals surface area contributed by atoms with Gasteiger partial charge in [-0.05, 0) is 25.0 Å². The molecule has 102 valence electrons. The monoisotopic (exact) mass is 261 g/mol. The van der Waals surface area contributed by atoms with Crippen LogP contribution in [0.1, 0.15) is 23.3 Å². The van der Waals surface area contributed by atoms with Crippen molar-refractivity contribution in [2.24, 2.45) is 0 Å². The van der Waals surface area contributed by atoms with Crippen molar-refractivity contribution in [1.82, 2.24) is 9.88 Å². The lowest BCUT2D eigenvalue weighted by atomic mass is 10.2. The highest BCUT2D eigenvalue weighted by Crippen LogP contribution is 2.16. The van der Waals surface area contributed by atoms with Crippen LogP contribution in [-0.4, -0.2) is 55.2 Å². The van der Waals surface area contributed by atoms with E-state index < -0.39 is 0 Å². The smallest absolute Gasteiger partial charge is 0.272 e. The normalized spacial score (nSPS) is 19.8. The summed E-state index contributed by atoms with van der Waals surface area (Å²) in [5, 5.41) is 0. The van der Waals surface area contributed by atoms with E-state index in [9.17, 15) is 4.79 Å². The maximum Gasteiger partial charge on any atom is 0.272 e. The first kappa shape index (κ1) is 12.4. The molecular weight excluding hydrogens is 242 g/mol. The van der Waals surface area contributed by atoms with Crippen molar-refractivity contribution in [3.05, 3.63) is 24.0 Å². The predicted octanol–water partition coefficient (Wildman–Crippen LogP) is 1.15. The number of carbonyl (C=O) groups excluding carboxylic acids is 1. The molecule has 0 atom stereocenters. The van der Waals surface area contributed by atoms with Crippen molar-refractivity contribution in [1.29, 1.82) is 0 Å². The molecule has 2 fully saturated rings. The number of nitrogens with zero attached hydrogens (tertiary/aromatic N) is 3. The minimum absolute atomic E-state index is 0.0611. The van der Waals surface area contributed by atoms with Crippen LogP contribution in [-0.2, 0) is 4.74 Å². The first-order valence-electron chi connectivity index (χ1n) is 6.92. The van der Waals surface area contributed by atoms with E-state index in [4.69, 9.17) is 4.74 Å². The van der Waals surface area contributed by atoms with Crippen molar-refractivity contribution < 1.29 is 9.53 Å². The van der Waals surface area contributed by atoms with Crippen molar-refractivity contribution >= 4 is 11.6 Å². The number of pyridine rings is 1. The lowest BCUT2D eigenvalue weighted by Crippen LogP contribution is -2.36. The second-order valence-electron chi connectivity index (χ2n) is 5.00. The van der Waals surface area contributed by atoms with Gasteiger partial charge in [-0.15, -0.1) is 0 Å². The molecule has 19 heavy (non-hydrogen) atoms. The van der Waals surface area contributed by atoms with Gasteiger partial charge in [0.25, 0.3) is 5.91 Å². The second kappa shape index (κ2) is 5.57. The summed E-state index contributed by atoms with van der Waals surface area (Å²) in [4.78, 5) is 20.6. The summed E-state index contributed by atoms with van der Waals surface area (Å²) in [5.74, 6) is 0.0611. The third kappa shape index (κ3) is 2.71. The molecule has 2 aliphatic rings. The van der Waals surface area contributed by atoms with Gasteiger partial charge >= 0.3 is 0 Å². The van der Waals surface area contributed by atoms with Gasteiger partial charge in [-0.2, -0.15) is 0 Å². The first-order valence-corrected chi connectivity index (χ1v) is 6.92. The largest absolute Gasteiger partial charge is 0.378 e. The number of ether oxygens (including phenoxy) is 1. The van der Waals surface area contributed by atoms with Crippen LogP contribution in [0.3, 0.4) is 0 Å². The fourth-order valence-electron chi connectivity index (χ4n) is 2.60. The van der Waals surface area contributed by atoms with Gasteiger partial charge in [-0.1, -0.05) is 0 Å². The molecule has 1 amide bonds. The quantitative estimate of drug-likeness (QED) is 0.801. The second-order valence-corrected chi connectivity index (χ2v) is 5.00. The Bertz CT molecular complexity index is 435. The van der Waals surface area contributed by atoms with Crippen molar-refractivity contribution in [3.63, 3.8) is 0 Å². The third-order valence-electron chi connectivity index (χ3n) is 3.74. The molecule has 0 bridgehead atoms. The van der Waals surface area contributed by atoms with Gasteiger partial charge in [0.15, 0.2) is 0 Å². The van der Waals surface area contributed by atoms with Crippen molar-refractivity contribution in [3.8, 4) is 0 Å². The summed E-state index contributed by atoms with van der Waals surface area (Å²) in [6, 6.07) is 3.83. The molecule has 0 N–H and O–H groups in total. The lowest BCUT2D eigenvalue weighted by Gasteiger charge is -2.28. The third-order valence-corrected chi connectivity index (χ3v) is 3.74. The van der Waals surface area contributed by atoms with Crippen molar-refractivity contribution in [2.45, 2.75) is 12.8 Å². The number of likely N-dealkylation sites (tertiary alicyclic amines) is 1. The fourth-order valence-corrected chi connectivity index (χ4v) is 2.60. The van der Waals surface area contributed by atoms with Crippen LogP contribution in [0.25, 0.3) is 0 Å². The predicted molar refractivity (Wildman–Crippen MR) is 72.4 cm³/mol. The summed E-state index contributed by atoms with van der Waals surface area (Å²) in [5.41, 5.74) is 1.63. The number of hydrogen-bond acceptors (Lipinski definition) is 4. The molecule has 2 saturated heterocycles. The highest BCUT2D eigenvalue weighted by molar-refractivity contribution is 5.92. The van der Waals surface area contributed by atoms with Gasteiger partial charge in [0.1, 0.15) is 5.69 Å². The Morgan fingerprint density at radius 3 is 2.47 bits per heavy atom. The molecule has 0 spiro atoms. The highest BCUT2D eigenvalue weighted by atomic mass is 16.5. The van der Waals surface area contributed by atoms with Gasteiger partial charge in [0.05, 0.1) is 25.1 Å². The van der Waals surface area contributed by atoms with Gasteiger partial charge in [-0.3, -0.25) is 4.79 Å². The molecule has 1 aromatic rings. The fraction of sp³-hybridized carbons (Fsp3) is 0.571. The molecule has 0 aliphatic carbocycles. The molecule has 0 unspecified atom stereocenters. The van der Waals surface area contributed by atoms with Gasteiger partial charge in [0.2, 0.25) is 0 Å². The zero-order chi connectivity index (χ0) is 13.1. The van der Waals surface area contributed by atoms with Crippen molar-refractivity contribution in [2.75, 3.05) is 44.3 Å². The number of carbonyl (C=O) groups is 1. The SMILES string of the molecule is O=C(c1ccc(N2CCOCC2)cn1)N1CCCC1. The maximum absolute atomic E-state index is 12.2. The van der Waals surface area contributed by atoms with Gasteiger partial charge in [-0.25, -0.2) is 4.98 Å². The Hall–Kier alpha value is -1.62. The van der Waals surface area contributed by atoms with Crippen LogP contribution in [0, 0.1) is 0 Å². The van der Waals surface area contributed by atoms with Crippen LogP contribution < -0.4 is 4.90 Å². The van der Waals surface area contributed by atoms with Gasteiger partial charge < -0.3 is 14.5 Å². The molecule has 5 nitrogen and oxygen atoms in total. The van der Waals surface area contributed by atoms with E-state index >= 15 is 0 Å². The number of hydrogen-bond donors (Lipinski definition) is 0. The zero-order valence-corrected chi connectivity index (χ0v) is 11.0. The summed E-state index contributed by atoms with van der Waals surface area (Å²) in [7, 11) is 0. The first-order chi connectivity index (χ1) is 9.34. The minimum Gasteiger partial charge on any atom is -0.378 e. The Balaban J connectivity index is 1.69. The Morgan fingerprint density at radius 2 is 1.84 bits per heavy atom. The molecular formula is C14H19N3O2. The standard InChI is InChI=1S/C14H19N3O2/c18-14(17-5-1-2-6-17)13-4-3-12(11-15-13)16-7-9-19-10-8-16/h3-4,11H,1-2,5-10H2. The van der Waals surface area contributed by atoms with Gasteiger partial charge in [0, 0.05) is 26.2 Å². The topological polar surface area (TPSA) is 45.7 Å². The number of amides is 1. The van der Waals surface area contributed by atoms with E-state index in [1.165, 1.54) is 0 Å².